The number of carbonyl (C=O) groups excluding carboxylic acids is 1. The molecule has 0 saturated carbocycles. The van der Waals surface area contributed by atoms with Crippen molar-refractivity contribution < 1.29 is 14.3 Å². The van der Waals surface area contributed by atoms with Gasteiger partial charge in [0.05, 0.1) is 24.3 Å². The standard InChI is InChI=1S/C18H16ClNO3/c19-14-3-1-2-13-15(7-9-23-17(13)14)20-18(21)12-4-5-16-11(10-12)6-8-22-16/h1-5,10,15H,6-9H2,(H,20,21). The highest BCUT2D eigenvalue weighted by Gasteiger charge is 2.25. The van der Waals surface area contributed by atoms with Gasteiger partial charge in [-0.1, -0.05) is 23.7 Å². The van der Waals surface area contributed by atoms with E-state index in [0.29, 0.717) is 29.5 Å². The van der Waals surface area contributed by atoms with E-state index >= 15 is 0 Å². The molecule has 4 rings (SSSR count). The predicted molar refractivity (Wildman–Crippen MR) is 87.4 cm³/mol. The molecule has 118 valence electrons. The summed E-state index contributed by atoms with van der Waals surface area (Å²) in [6, 6.07) is 11.1. The van der Waals surface area contributed by atoms with Crippen LogP contribution in [0.3, 0.4) is 0 Å². The van der Waals surface area contributed by atoms with Crippen molar-refractivity contribution in [3.8, 4) is 11.5 Å². The van der Waals surface area contributed by atoms with Crippen molar-refractivity contribution in [1.82, 2.24) is 5.32 Å². The van der Waals surface area contributed by atoms with Crippen LogP contribution in [0.15, 0.2) is 36.4 Å². The Bertz CT molecular complexity index is 775. The van der Waals surface area contributed by atoms with E-state index in [9.17, 15) is 4.79 Å². The minimum absolute atomic E-state index is 0.0856. The summed E-state index contributed by atoms with van der Waals surface area (Å²) in [7, 11) is 0. The molecule has 1 amide bonds. The molecule has 0 fully saturated rings. The largest absolute Gasteiger partial charge is 0.493 e. The maximum Gasteiger partial charge on any atom is 0.251 e. The monoisotopic (exact) mass is 329 g/mol. The molecule has 0 saturated heterocycles. The summed E-state index contributed by atoms with van der Waals surface area (Å²) in [5.41, 5.74) is 2.68. The van der Waals surface area contributed by atoms with E-state index < -0.39 is 0 Å². The van der Waals surface area contributed by atoms with Gasteiger partial charge in [-0.3, -0.25) is 4.79 Å². The lowest BCUT2D eigenvalue weighted by Gasteiger charge is -2.27. The van der Waals surface area contributed by atoms with E-state index in [-0.39, 0.29) is 11.9 Å². The number of hydrogen-bond acceptors (Lipinski definition) is 3. The van der Waals surface area contributed by atoms with Crippen LogP contribution in [0.4, 0.5) is 0 Å². The quantitative estimate of drug-likeness (QED) is 0.917. The van der Waals surface area contributed by atoms with Gasteiger partial charge in [-0.2, -0.15) is 0 Å². The van der Waals surface area contributed by atoms with Crippen LogP contribution in [0.5, 0.6) is 11.5 Å². The average Bonchev–Trinajstić information content (AvgIpc) is 3.03. The molecule has 1 N–H and O–H groups in total. The van der Waals surface area contributed by atoms with E-state index in [2.05, 4.69) is 5.32 Å². The summed E-state index contributed by atoms with van der Waals surface area (Å²) in [6.45, 7) is 1.23. The number of para-hydroxylation sites is 1. The predicted octanol–water partition coefficient (Wildman–Crippen LogP) is 3.53. The third kappa shape index (κ3) is 2.63. The van der Waals surface area contributed by atoms with Gasteiger partial charge < -0.3 is 14.8 Å². The Morgan fingerprint density at radius 2 is 2.09 bits per heavy atom. The Kier molecular flexibility index (Phi) is 3.62. The normalized spacial score (nSPS) is 18.4. The number of rotatable bonds is 2. The van der Waals surface area contributed by atoms with Gasteiger partial charge in [-0.25, -0.2) is 0 Å². The zero-order chi connectivity index (χ0) is 15.8. The second-order valence-corrected chi connectivity index (χ2v) is 6.15. The number of benzene rings is 2. The first kappa shape index (κ1) is 14.4. The lowest BCUT2D eigenvalue weighted by Crippen LogP contribution is -2.32. The average molecular weight is 330 g/mol. The van der Waals surface area contributed by atoms with Crippen molar-refractivity contribution in [2.24, 2.45) is 0 Å². The van der Waals surface area contributed by atoms with Crippen LogP contribution < -0.4 is 14.8 Å². The van der Waals surface area contributed by atoms with E-state index in [0.717, 1.165) is 29.7 Å². The molecule has 23 heavy (non-hydrogen) atoms. The van der Waals surface area contributed by atoms with Crippen LogP contribution in [-0.2, 0) is 6.42 Å². The molecule has 0 radical (unpaired) electrons. The molecule has 0 bridgehead atoms. The van der Waals surface area contributed by atoms with Gasteiger partial charge in [0.15, 0.2) is 0 Å². The second-order valence-electron chi connectivity index (χ2n) is 5.74. The number of halogens is 1. The summed E-state index contributed by atoms with van der Waals surface area (Å²) in [5.74, 6) is 1.47. The molecular formula is C18H16ClNO3. The van der Waals surface area contributed by atoms with Crippen LogP contribution in [-0.4, -0.2) is 19.1 Å². The number of fused-ring (bicyclic) bond motifs is 2. The van der Waals surface area contributed by atoms with Crippen molar-refractivity contribution in [2.45, 2.75) is 18.9 Å². The Labute approximate surface area is 139 Å². The molecule has 0 aliphatic carbocycles. The molecule has 0 aromatic heterocycles. The van der Waals surface area contributed by atoms with Crippen LogP contribution in [0.2, 0.25) is 5.02 Å². The third-order valence-electron chi connectivity index (χ3n) is 4.28. The Hall–Kier alpha value is -2.20. The summed E-state index contributed by atoms with van der Waals surface area (Å²) in [6.07, 6.45) is 1.58. The lowest BCUT2D eigenvalue weighted by molar-refractivity contribution is 0.0924. The molecule has 1 atom stereocenters. The number of ether oxygens (including phenoxy) is 2. The minimum Gasteiger partial charge on any atom is -0.493 e. The van der Waals surface area contributed by atoms with Crippen molar-refractivity contribution in [1.29, 1.82) is 0 Å². The molecule has 2 heterocycles. The highest BCUT2D eigenvalue weighted by Crippen LogP contribution is 2.37. The van der Waals surface area contributed by atoms with Crippen molar-refractivity contribution in [3.05, 3.63) is 58.1 Å². The van der Waals surface area contributed by atoms with Gasteiger partial charge in [-0.05, 0) is 29.8 Å². The molecule has 2 aromatic carbocycles. The highest BCUT2D eigenvalue weighted by molar-refractivity contribution is 6.32. The summed E-state index contributed by atoms with van der Waals surface area (Å²) >= 11 is 6.17. The van der Waals surface area contributed by atoms with Gasteiger partial charge in [-0.15, -0.1) is 0 Å². The summed E-state index contributed by atoms with van der Waals surface area (Å²) in [4.78, 5) is 12.6. The summed E-state index contributed by atoms with van der Waals surface area (Å²) in [5, 5.41) is 3.67. The first-order chi connectivity index (χ1) is 11.2. The minimum atomic E-state index is -0.0885. The van der Waals surface area contributed by atoms with Crippen molar-refractivity contribution >= 4 is 17.5 Å². The topological polar surface area (TPSA) is 47.6 Å². The molecule has 1 unspecified atom stereocenters. The van der Waals surface area contributed by atoms with Crippen LogP contribution in [0.1, 0.15) is 33.9 Å². The highest BCUT2D eigenvalue weighted by atomic mass is 35.5. The van der Waals surface area contributed by atoms with E-state index in [1.807, 2.05) is 24.3 Å². The van der Waals surface area contributed by atoms with Gasteiger partial charge in [0, 0.05) is 24.0 Å². The molecule has 4 nitrogen and oxygen atoms in total. The molecule has 2 aliphatic rings. The molecule has 0 spiro atoms. The third-order valence-corrected chi connectivity index (χ3v) is 4.58. The lowest BCUT2D eigenvalue weighted by atomic mass is 9.99. The zero-order valence-corrected chi connectivity index (χ0v) is 13.2. The van der Waals surface area contributed by atoms with Crippen LogP contribution in [0.25, 0.3) is 0 Å². The van der Waals surface area contributed by atoms with Crippen LogP contribution >= 0.6 is 11.6 Å². The Morgan fingerprint density at radius 1 is 1.17 bits per heavy atom. The maximum atomic E-state index is 12.6. The summed E-state index contributed by atoms with van der Waals surface area (Å²) < 4.78 is 11.1. The smallest absolute Gasteiger partial charge is 0.251 e. The van der Waals surface area contributed by atoms with Gasteiger partial charge >= 0.3 is 0 Å². The molecule has 2 aromatic rings. The maximum absolute atomic E-state index is 12.6. The van der Waals surface area contributed by atoms with Crippen molar-refractivity contribution in [3.63, 3.8) is 0 Å². The molecule has 2 aliphatic heterocycles. The Balaban J connectivity index is 1.57. The van der Waals surface area contributed by atoms with E-state index in [1.165, 1.54) is 0 Å². The number of amides is 1. The fourth-order valence-corrected chi connectivity index (χ4v) is 3.34. The zero-order valence-electron chi connectivity index (χ0n) is 12.5. The first-order valence-electron chi connectivity index (χ1n) is 7.70. The Morgan fingerprint density at radius 3 is 3.00 bits per heavy atom. The van der Waals surface area contributed by atoms with Crippen LogP contribution in [0, 0.1) is 0 Å². The number of hydrogen-bond donors (Lipinski definition) is 1. The SMILES string of the molecule is O=C(NC1CCOc2c(Cl)cccc21)c1ccc2c(c1)CCO2. The fourth-order valence-electron chi connectivity index (χ4n) is 3.11. The van der Waals surface area contributed by atoms with Gasteiger partial charge in [0.2, 0.25) is 0 Å². The molecular weight excluding hydrogens is 314 g/mol. The van der Waals surface area contributed by atoms with Crippen molar-refractivity contribution in [2.75, 3.05) is 13.2 Å². The number of nitrogens with one attached hydrogen (secondary N) is 1. The van der Waals surface area contributed by atoms with Gasteiger partial charge in [0.1, 0.15) is 11.5 Å². The molecule has 5 heteroatoms. The second kappa shape index (κ2) is 5.78. The number of carbonyl (C=O) groups is 1. The first-order valence-corrected chi connectivity index (χ1v) is 8.08. The van der Waals surface area contributed by atoms with E-state index in [4.69, 9.17) is 21.1 Å². The van der Waals surface area contributed by atoms with Gasteiger partial charge in [0.25, 0.3) is 5.91 Å². The fraction of sp³-hybridized carbons (Fsp3) is 0.278. The van der Waals surface area contributed by atoms with E-state index in [1.54, 1.807) is 12.1 Å².